The van der Waals surface area contributed by atoms with Crippen LogP contribution in [0.15, 0.2) is 51.9 Å². The Kier molecular flexibility index (Phi) is 4.52. The maximum Gasteiger partial charge on any atom is 0.181 e. The van der Waals surface area contributed by atoms with E-state index in [9.17, 15) is 9.90 Å². The lowest BCUT2D eigenvalue weighted by molar-refractivity contribution is 0.202. The smallest absolute Gasteiger partial charge is 0.181 e. The molecule has 19 heavy (non-hydrogen) atoms. The highest BCUT2D eigenvalue weighted by molar-refractivity contribution is 9.10. The fourth-order valence-corrected chi connectivity index (χ4v) is 2.15. The van der Waals surface area contributed by atoms with Gasteiger partial charge in [-0.3, -0.25) is 4.79 Å². The predicted octanol–water partition coefficient (Wildman–Crippen LogP) is 1.68. The summed E-state index contributed by atoms with van der Waals surface area (Å²) in [4.78, 5) is 11.4. The number of hydrogen-bond acceptors (Lipinski definition) is 3. The Labute approximate surface area is 119 Å². The Hall–Kier alpha value is -1.43. The molecule has 5 heteroatoms. The zero-order chi connectivity index (χ0) is 13.8. The van der Waals surface area contributed by atoms with E-state index in [4.69, 9.17) is 5.11 Å². The molecule has 0 aliphatic rings. The molecule has 0 aliphatic heterocycles. The summed E-state index contributed by atoms with van der Waals surface area (Å²) >= 11 is 3.33. The summed E-state index contributed by atoms with van der Waals surface area (Å²) in [6.45, 7) is 0.284. The monoisotopic (exact) mass is 323 g/mol. The van der Waals surface area contributed by atoms with Crippen LogP contribution in [0, 0.1) is 0 Å². The van der Waals surface area contributed by atoms with Crippen LogP contribution in [0.1, 0.15) is 17.4 Å². The fourth-order valence-electron chi connectivity index (χ4n) is 1.89. The quantitative estimate of drug-likeness (QED) is 0.900. The van der Waals surface area contributed by atoms with Crippen molar-refractivity contribution >= 4 is 15.9 Å². The predicted molar refractivity (Wildman–Crippen MR) is 76.0 cm³/mol. The molecule has 0 aliphatic carbocycles. The van der Waals surface area contributed by atoms with Crippen LogP contribution in [-0.2, 0) is 6.54 Å². The van der Waals surface area contributed by atoms with Crippen LogP contribution in [0.5, 0.6) is 0 Å². The largest absolute Gasteiger partial charge is 0.395 e. The van der Waals surface area contributed by atoms with Crippen LogP contribution in [0.3, 0.4) is 0 Å². The third-order valence-corrected chi connectivity index (χ3v) is 3.38. The van der Waals surface area contributed by atoms with Crippen molar-refractivity contribution in [3.63, 3.8) is 0 Å². The summed E-state index contributed by atoms with van der Waals surface area (Å²) < 4.78 is 2.60. The zero-order valence-corrected chi connectivity index (χ0v) is 11.7. The van der Waals surface area contributed by atoms with Crippen LogP contribution in [0.25, 0.3) is 0 Å². The molecule has 2 rings (SSSR count). The van der Waals surface area contributed by atoms with E-state index >= 15 is 0 Å². The van der Waals surface area contributed by atoms with Crippen LogP contribution < -0.4 is 5.43 Å². The van der Waals surface area contributed by atoms with Gasteiger partial charge in [-0.05, 0) is 17.7 Å². The van der Waals surface area contributed by atoms with Gasteiger partial charge in [0.1, 0.15) is 6.10 Å². The van der Waals surface area contributed by atoms with Crippen molar-refractivity contribution in [1.82, 2.24) is 4.57 Å². The van der Waals surface area contributed by atoms with Crippen LogP contribution >= 0.6 is 15.9 Å². The first-order chi connectivity index (χ1) is 9.11. The van der Waals surface area contributed by atoms with Crippen molar-refractivity contribution < 1.29 is 10.2 Å². The van der Waals surface area contributed by atoms with Crippen LogP contribution in [-0.4, -0.2) is 21.4 Å². The van der Waals surface area contributed by atoms with Gasteiger partial charge in [-0.2, -0.15) is 0 Å². The second-order valence-electron chi connectivity index (χ2n) is 4.16. The van der Waals surface area contributed by atoms with E-state index in [1.807, 2.05) is 12.1 Å². The fraction of sp³-hybridized carbons (Fsp3) is 0.214. The first kappa shape index (κ1) is 14.0. The number of benzene rings is 1. The van der Waals surface area contributed by atoms with Crippen molar-refractivity contribution in [1.29, 1.82) is 0 Å². The number of aliphatic hydroxyl groups is 2. The molecule has 0 fully saturated rings. The van der Waals surface area contributed by atoms with E-state index in [1.54, 1.807) is 22.9 Å². The average molecular weight is 324 g/mol. The van der Waals surface area contributed by atoms with Crippen molar-refractivity contribution in [3.8, 4) is 0 Å². The standard InChI is InChI=1S/C14H14BrNO3/c15-11-3-1-10(2-4-11)14(19)13-9-12(18)5-6-16(13)7-8-17/h1-6,9,14,17,19H,7-8H2. The number of nitrogens with zero attached hydrogens (tertiary/aromatic N) is 1. The van der Waals surface area contributed by atoms with Crippen molar-refractivity contribution in [3.05, 3.63) is 68.5 Å². The van der Waals surface area contributed by atoms with Gasteiger partial charge >= 0.3 is 0 Å². The summed E-state index contributed by atoms with van der Waals surface area (Å²) in [5.41, 5.74) is 1.00. The minimum atomic E-state index is -0.895. The molecule has 0 amide bonds. The van der Waals surface area contributed by atoms with Crippen LogP contribution in [0.2, 0.25) is 0 Å². The molecule has 1 heterocycles. The van der Waals surface area contributed by atoms with E-state index in [0.29, 0.717) is 17.8 Å². The van der Waals surface area contributed by atoms with Gasteiger partial charge in [0.15, 0.2) is 5.43 Å². The molecule has 0 spiro atoms. The minimum absolute atomic E-state index is 0.0527. The highest BCUT2D eigenvalue weighted by Crippen LogP contribution is 2.22. The topological polar surface area (TPSA) is 62.5 Å². The Morgan fingerprint density at radius 2 is 1.89 bits per heavy atom. The van der Waals surface area contributed by atoms with Gasteiger partial charge in [0, 0.05) is 29.3 Å². The van der Waals surface area contributed by atoms with E-state index < -0.39 is 6.10 Å². The second kappa shape index (κ2) is 6.14. The van der Waals surface area contributed by atoms with E-state index in [0.717, 1.165) is 4.47 Å². The molecule has 0 bridgehead atoms. The summed E-state index contributed by atoms with van der Waals surface area (Å²) in [5, 5.41) is 19.4. The second-order valence-corrected chi connectivity index (χ2v) is 5.07. The molecule has 1 atom stereocenters. The number of pyridine rings is 1. The van der Waals surface area contributed by atoms with E-state index in [2.05, 4.69) is 15.9 Å². The Bertz CT molecular complexity index is 607. The molecule has 1 unspecified atom stereocenters. The number of rotatable bonds is 4. The average Bonchev–Trinajstić information content (AvgIpc) is 2.41. The van der Waals surface area contributed by atoms with E-state index in [-0.39, 0.29) is 12.0 Å². The maximum absolute atomic E-state index is 11.4. The lowest BCUT2D eigenvalue weighted by Gasteiger charge is -2.17. The molecule has 2 aromatic rings. The summed E-state index contributed by atoms with van der Waals surface area (Å²) in [6.07, 6.45) is 0.684. The molecule has 2 N–H and O–H groups in total. The Balaban J connectivity index is 2.42. The lowest BCUT2D eigenvalue weighted by atomic mass is 10.1. The Morgan fingerprint density at radius 1 is 1.21 bits per heavy atom. The maximum atomic E-state index is 11.4. The van der Waals surface area contributed by atoms with E-state index in [1.165, 1.54) is 12.1 Å². The highest BCUT2D eigenvalue weighted by atomic mass is 79.9. The molecule has 1 aromatic heterocycles. The van der Waals surface area contributed by atoms with Crippen molar-refractivity contribution in [2.45, 2.75) is 12.6 Å². The van der Waals surface area contributed by atoms with Crippen LogP contribution in [0.4, 0.5) is 0 Å². The normalized spacial score (nSPS) is 12.4. The van der Waals surface area contributed by atoms with Gasteiger partial charge in [-0.1, -0.05) is 28.1 Å². The Morgan fingerprint density at radius 3 is 2.53 bits per heavy atom. The summed E-state index contributed by atoms with van der Waals surface area (Å²) in [6, 6.07) is 10.0. The molecule has 0 saturated carbocycles. The third-order valence-electron chi connectivity index (χ3n) is 2.85. The molecular formula is C14H14BrNO3. The summed E-state index contributed by atoms with van der Waals surface area (Å²) in [5.74, 6) is 0. The molecular weight excluding hydrogens is 310 g/mol. The molecule has 0 saturated heterocycles. The lowest BCUT2D eigenvalue weighted by Crippen LogP contribution is -2.17. The highest BCUT2D eigenvalue weighted by Gasteiger charge is 2.14. The van der Waals surface area contributed by atoms with Gasteiger partial charge in [0.25, 0.3) is 0 Å². The molecule has 4 nitrogen and oxygen atoms in total. The summed E-state index contributed by atoms with van der Waals surface area (Å²) in [7, 11) is 0. The van der Waals surface area contributed by atoms with Crippen molar-refractivity contribution in [2.24, 2.45) is 0 Å². The molecule has 1 aromatic carbocycles. The third kappa shape index (κ3) is 3.32. The van der Waals surface area contributed by atoms with Gasteiger partial charge in [0.05, 0.1) is 12.3 Å². The van der Waals surface area contributed by atoms with Crippen molar-refractivity contribution in [2.75, 3.05) is 6.61 Å². The first-order valence-corrected chi connectivity index (χ1v) is 6.66. The number of hydrogen-bond donors (Lipinski definition) is 2. The number of aliphatic hydroxyl groups excluding tert-OH is 2. The number of aromatic nitrogens is 1. The van der Waals surface area contributed by atoms with Gasteiger partial charge < -0.3 is 14.8 Å². The SMILES string of the molecule is O=c1ccn(CCO)c(C(O)c2ccc(Br)cc2)c1. The minimum Gasteiger partial charge on any atom is -0.395 e. The molecule has 100 valence electrons. The number of halogens is 1. The first-order valence-electron chi connectivity index (χ1n) is 5.86. The zero-order valence-electron chi connectivity index (χ0n) is 10.2. The van der Waals surface area contributed by atoms with Gasteiger partial charge in [-0.15, -0.1) is 0 Å². The molecule has 0 radical (unpaired) electrons. The van der Waals surface area contributed by atoms with Gasteiger partial charge in [0.2, 0.25) is 0 Å². The van der Waals surface area contributed by atoms with Gasteiger partial charge in [-0.25, -0.2) is 0 Å².